The van der Waals surface area contributed by atoms with Gasteiger partial charge in [0.2, 0.25) is 0 Å². The van der Waals surface area contributed by atoms with Crippen LogP contribution in [0.5, 0.6) is 0 Å². The lowest BCUT2D eigenvalue weighted by Gasteiger charge is -2.13. The number of allylic oxidation sites excluding steroid dienone is 4. The molecule has 0 spiro atoms. The predicted octanol–water partition coefficient (Wildman–Crippen LogP) is 12.4. The highest BCUT2D eigenvalue weighted by atomic mass is 79.9. The summed E-state index contributed by atoms with van der Waals surface area (Å²) in [6, 6.07) is 53.1. The quantitative estimate of drug-likeness (QED) is 0.118. The van der Waals surface area contributed by atoms with Crippen LogP contribution < -0.4 is 0 Å². The van der Waals surface area contributed by atoms with Gasteiger partial charge in [0.1, 0.15) is 0 Å². The first kappa shape index (κ1) is 31.4. The zero-order chi connectivity index (χ0) is 31.4. The summed E-state index contributed by atoms with van der Waals surface area (Å²) in [5.74, 6) is 0. The van der Waals surface area contributed by atoms with Crippen molar-refractivity contribution in [2.75, 3.05) is 0 Å². The maximum Gasteiger partial charge on any atom is 0.0715 e. The van der Waals surface area contributed by atoms with Crippen molar-refractivity contribution in [1.29, 1.82) is 0 Å². The minimum Gasteiger partial charge on any atom is -0.248 e. The number of hydrogen-bond donors (Lipinski definition) is 0. The number of benzene rings is 5. The number of hydrogen-bond acceptors (Lipinski definition) is 1. The lowest BCUT2D eigenvalue weighted by Crippen LogP contribution is -1.93. The Morgan fingerprint density at radius 3 is 1.62 bits per heavy atom. The normalized spacial score (nSPS) is 11.4. The highest BCUT2D eigenvalue weighted by Crippen LogP contribution is 2.34. The summed E-state index contributed by atoms with van der Waals surface area (Å²) in [5, 5.41) is 0. The summed E-state index contributed by atoms with van der Waals surface area (Å²) in [5.41, 5.74) is 12.5. The van der Waals surface area contributed by atoms with E-state index in [4.69, 9.17) is 4.98 Å². The van der Waals surface area contributed by atoms with E-state index < -0.39 is 0 Å². The summed E-state index contributed by atoms with van der Waals surface area (Å²) in [4.78, 5) is 5.08. The third-order valence-electron chi connectivity index (χ3n) is 7.53. The maximum atomic E-state index is 5.08. The lowest BCUT2D eigenvalue weighted by molar-refractivity contribution is 1.27. The van der Waals surface area contributed by atoms with Gasteiger partial charge in [-0.1, -0.05) is 149 Å². The minimum absolute atomic E-state index is 0.849. The van der Waals surface area contributed by atoms with Crippen molar-refractivity contribution in [3.8, 4) is 33.6 Å². The van der Waals surface area contributed by atoms with Crippen molar-refractivity contribution in [3.05, 3.63) is 198 Å². The van der Waals surface area contributed by atoms with E-state index in [1.54, 1.807) is 0 Å². The minimum atomic E-state index is 0.849. The van der Waals surface area contributed by atoms with Crippen molar-refractivity contribution in [2.24, 2.45) is 0 Å². The summed E-state index contributed by atoms with van der Waals surface area (Å²) >= 11 is 3.85. The molecule has 0 fully saturated rings. The molecule has 5 aromatic carbocycles. The fourth-order valence-corrected chi connectivity index (χ4v) is 5.75. The molecule has 2 heteroatoms. The van der Waals surface area contributed by atoms with Gasteiger partial charge < -0.3 is 0 Å². The number of nitrogens with zero attached hydrogens (tertiary/aromatic N) is 1. The van der Waals surface area contributed by atoms with Gasteiger partial charge in [0.15, 0.2) is 0 Å². The first-order valence-electron chi connectivity index (χ1n) is 15.0. The molecule has 1 aromatic heterocycles. The Labute approximate surface area is 276 Å². The topological polar surface area (TPSA) is 12.9 Å². The van der Waals surface area contributed by atoms with E-state index in [1.165, 1.54) is 22.3 Å². The molecule has 6 aromatic rings. The van der Waals surface area contributed by atoms with Crippen molar-refractivity contribution in [1.82, 2.24) is 4.98 Å². The molecule has 0 amide bonds. The van der Waals surface area contributed by atoms with Crippen molar-refractivity contribution < 1.29 is 0 Å². The molecule has 0 radical (unpaired) electrons. The predicted molar refractivity (Wildman–Crippen MR) is 198 cm³/mol. The Morgan fingerprint density at radius 2 is 1.07 bits per heavy atom. The maximum absolute atomic E-state index is 5.08. The molecular formula is C43H36BrN. The Kier molecular flexibility index (Phi) is 10.9. The molecule has 0 bridgehead atoms. The van der Waals surface area contributed by atoms with Gasteiger partial charge in [-0.25, -0.2) is 4.98 Å². The van der Waals surface area contributed by atoms with E-state index in [0.29, 0.717) is 0 Å². The third kappa shape index (κ3) is 8.32. The van der Waals surface area contributed by atoms with Crippen molar-refractivity contribution in [2.45, 2.75) is 13.3 Å². The van der Waals surface area contributed by atoms with E-state index >= 15 is 0 Å². The summed E-state index contributed by atoms with van der Waals surface area (Å²) in [7, 11) is 0. The molecule has 0 saturated carbocycles. The van der Waals surface area contributed by atoms with Crippen LogP contribution in [0.2, 0.25) is 0 Å². The van der Waals surface area contributed by atoms with Gasteiger partial charge in [0.25, 0.3) is 0 Å². The van der Waals surface area contributed by atoms with E-state index in [0.717, 1.165) is 50.1 Å². The molecule has 0 atom stereocenters. The van der Waals surface area contributed by atoms with Gasteiger partial charge >= 0.3 is 0 Å². The van der Waals surface area contributed by atoms with Crippen LogP contribution in [0.3, 0.4) is 0 Å². The number of halogens is 1. The zero-order valence-electron chi connectivity index (χ0n) is 25.5. The number of pyridine rings is 1. The second-order valence-electron chi connectivity index (χ2n) is 10.6. The number of rotatable bonds is 8. The van der Waals surface area contributed by atoms with Gasteiger partial charge in [-0.2, -0.15) is 0 Å². The van der Waals surface area contributed by atoms with E-state index in [-0.39, 0.29) is 0 Å². The van der Waals surface area contributed by atoms with Gasteiger partial charge in [0, 0.05) is 15.6 Å². The molecular weight excluding hydrogens is 610 g/mol. The first-order chi connectivity index (χ1) is 22.1. The molecule has 0 aliphatic carbocycles. The summed E-state index contributed by atoms with van der Waals surface area (Å²) < 4.78 is 1.04. The SMILES string of the molecule is C/C(=C\C(=C/Cc1ccccc1)c1cc(Br)cc(-c2cc(-c3ccccc3)nc(-c3ccccc3)c2)c1)c1ccccc1.C=C. The Morgan fingerprint density at radius 1 is 0.578 bits per heavy atom. The van der Waals surface area contributed by atoms with E-state index in [2.05, 4.69) is 188 Å². The summed E-state index contributed by atoms with van der Waals surface area (Å²) in [6.45, 7) is 8.19. The van der Waals surface area contributed by atoms with Crippen molar-refractivity contribution in [3.63, 3.8) is 0 Å². The lowest BCUT2D eigenvalue weighted by atomic mass is 9.94. The van der Waals surface area contributed by atoms with Crippen LogP contribution in [-0.2, 0) is 6.42 Å². The molecule has 0 unspecified atom stereocenters. The molecule has 6 rings (SSSR count). The smallest absolute Gasteiger partial charge is 0.0715 e. The Bertz CT molecular complexity index is 1830. The molecule has 1 nitrogen and oxygen atoms in total. The van der Waals surface area contributed by atoms with Crippen LogP contribution in [0, 0.1) is 0 Å². The second-order valence-corrected chi connectivity index (χ2v) is 11.5. The van der Waals surface area contributed by atoms with Crippen LogP contribution in [0.25, 0.3) is 44.8 Å². The van der Waals surface area contributed by atoms with Gasteiger partial charge in [0.05, 0.1) is 11.4 Å². The Hall–Kier alpha value is -5.05. The highest BCUT2D eigenvalue weighted by Gasteiger charge is 2.12. The zero-order valence-corrected chi connectivity index (χ0v) is 27.1. The molecule has 0 aliphatic rings. The molecule has 0 saturated heterocycles. The standard InChI is InChI=1S/C41H32BrN.C2H4/c1-30(32-16-8-3-9-17-32)24-35(23-22-31-14-6-2-7-15-31)36-25-37(27-39(42)26-36)38-28-40(33-18-10-4-11-19-33)43-41(29-38)34-20-12-5-13-21-34;1-2/h2-21,23-29H,22H2,1H3;1-2H2/b30-24+,35-23+;. The van der Waals surface area contributed by atoms with E-state index in [1.807, 2.05) is 12.1 Å². The number of aromatic nitrogens is 1. The van der Waals surface area contributed by atoms with Gasteiger partial charge in [-0.05, 0) is 82.6 Å². The fraction of sp³-hybridized carbons (Fsp3) is 0.0465. The second kappa shape index (κ2) is 15.6. The molecule has 220 valence electrons. The molecule has 0 aliphatic heterocycles. The monoisotopic (exact) mass is 645 g/mol. The van der Waals surface area contributed by atoms with Crippen LogP contribution >= 0.6 is 15.9 Å². The fourth-order valence-electron chi connectivity index (χ4n) is 5.25. The van der Waals surface area contributed by atoms with Crippen LogP contribution in [0.1, 0.15) is 23.6 Å². The molecule has 1 heterocycles. The van der Waals surface area contributed by atoms with Gasteiger partial charge in [-0.3, -0.25) is 0 Å². The summed E-state index contributed by atoms with van der Waals surface area (Å²) in [6.07, 6.45) is 5.49. The van der Waals surface area contributed by atoms with Crippen LogP contribution in [0.4, 0.5) is 0 Å². The Balaban J connectivity index is 0.00000196. The van der Waals surface area contributed by atoms with Gasteiger partial charge in [-0.15, -0.1) is 13.2 Å². The van der Waals surface area contributed by atoms with Crippen molar-refractivity contribution >= 4 is 27.1 Å². The average Bonchev–Trinajstić information content (AvgIpc) is 3.12. The average molecular weight is 647 g/mol. The van der Waals surface area contributed by atoms with Crippen LogP contribution in [-0.4, -0.2) is 4.98 Å². The third-order valence-corrected chi connectivity index (χ3v) is 7.99. The van der Waals surface area contributed by atoms with Crippen LogP contribution in [0.15, 0.2) is 181 Å². The highest BCUT2D eigenvalue weighted by molar-refractivity contribution is 9.10. The largest absolute Gasteiger partial charge is 0.248 e. The molecule has 45 heavy (non-hydrogen) atoms. The first-order valence-corrected chi connectivity index (χ1v) is 15.8. The molecule has 0 N–H and O–H groups in total. The van der Waals surface area contributed by atoms with E-state index in [9.17, 15) is 0 Å².